The van der Waals surface area contributed by atoms with Gasteiger partial charge in [-0.05, 0) is 13.0 Å². The summed E-state index contributed by atoms with van der Waals surface area (Å²) in [4.78, 5) is 14.3. The van der Waals surface area contributed by atoms with Crippen LogP contribution in [0, 0.1) is 5.82 Å². The number of pyridine rings is 1. The molecule has 17 heavy (non-hydrogen) atoms. The quantitative estimate of drug-likeness (QED) is 0.611. The Morgan fingerprint density at radius 1 is 1.47 bits per heavy atom. The topological polar surface area (TPSA) is 39.2 Å². The second-order valence-electron chi connectivity index (χ2n) is 3.13. The average molecular weight is 251 g/mol. The molecule has 0 aliphatic heterocycles. The SMILES string of the molecule is CCOC(=O)Cc1ncc(F)cc1C(F)(F)F. The lowest BCUT2D eigenvalue weighted by Gasteiger charge is -2.11. The van der Waals surface area contributed by atoms with Gasteiger partial charge in [0.25, 0.3) is 0 Å². The van der Waals surface area contributed by atoms with Crippen LogP contribution in [0.1, 0.15) is 18.2 Å². The molecule has 0 bridgehead atoms. The van der Waals surface area contributed by atoms with Gasteiger partial charge in [0.05, 0.1) is 30.5 Å². The molecule has 0 amide bonds. The molecule has 0 N–H and O–H groups in total. The van der Waals surface area contributed by atoms with E-state index in [0.29, 0.717) is 12.3 Å². The van der Waals surface area contributed by atoms with Gasteiger partial charge in [-0.2, -0.15) is 13.2 Å². The van der Waals surface area contributed by atoms with Crippen molar-refractivity contribution in [2.24, 2.45) is 0 Å². The van der Waals surface area contributed by atoms with Gasteiger partial charge in [0.1, 0.15) is 5.82 Å². The van der Waals surface area contributed by atoms with E-state index in [-0.39, 0.29) is 6.61 Å². The number of ether oxygens (including phenoxy) is 1. The third-order valence-corrected chi connectivity index (χ3v) is 1.86. The Morgan fingerprint density at radius 2 is 2.12 bits per heavy atom. The molecular weight excluding hydrogens is 242 g/mol. The largest absolute Gasteiger partial charge is 0.466 e. The molecule has 0 unspecified atom stereocenters. The molecule has 7 heteroatoms. The fraction of sp³-hybridized carbons (Fsp3) is 0.400. The molecule has 0 aliphatic carbocycles. The van der Waals surface area contributed by atoms with E-state index in [1.165, 1.54) is 6.92 Å². The number of esters is 1. The van der Waals surface area contributed by atoms with Crippen molar-refractivity contribution in [1.82, 2.24) is 4.98 Å². The Balaban J connectivity index is 3.03. The van der Waals surface area contributed by atoms with E-state index < -0.39 is 35.6 Å². The Hall–Kier alpha value is -1.66. The van der Waals surface area contributed by atoms with Crippen LogP contribution < -0.4 is 0 Å². The van der Waals surface area contributed by atoms with E-state index in [1.54, 1.807) is 0 Å². The van der Waals surface area contributed by atoms with Crippen molar-refractivity contribution in [3.8, 4) is 0 Å². The lowest BCUT2D eigenvalue weighted by molar-refractivity contribution is -0.143. The predicted octanol–water partition coefficient (Wildman–Crippen LogP) is 2.35. The summed E-state index contributed by atoms with van der Waals surface area (Å²) in [5, 5.41) is 0. The summed E-state index contributed by atoms with van der Waals surface area (Å²) in [6.45, 7) is 1.59. The van der Waals surface area contributed by atoms with Crippen LogP contribution in [0.5, 0.6) is 0 Å². The average Bonchev–Trinajstić information content (AvgIpc) is 2.19. The molecule has 1 aromatic rings. The molecule has 3 nitrogen and oxygen atoms in total. The van der Waals surface area contributed by atoms with Gasteiger partial charge in [-0.3, -0.25) is 9.78 Å². The smallest absolute Gasteiger partial charge is 0.418 e. The number of aromatic nitrogens is 1. The summed E-state index contributed by atoms with van der Waals surface area (Å²) in [6, 6.07) is 0.307. The number of alkyl halides is 3. The Bertz CT molecular complexity index is 417. The zero-order valence-electron chi connectivity index (χ0n) is 8.84. The highest BCUT2D eigenvalue weighted by atomic mass is 19.4. The van der Waals surface area contributed by atoms with Crippen LogP contribution in [0.2, 0.25) is 0 Å². The maximum absolute atomic E-state index is 12.7. The number of carbonyl (C=O) groups excluding carboxylic acids is 1. The van der Waals surface area contributed by atoms with E-state index in [0.717, 1.165) is 0 Å². The second kappa shape index (κ2) is 5.11. The molecule has 1 aromatic heterocycles. The molecule has 0 spiro atoms. The van der Waals surface area contributed by atoms with Crippen LogP contribution in [0.15, 0.2) is 12.3 Å². The minimum atomic E-state index is -4.75. The van der Waals surface area contributed by atoms with Crippen molar-refractivity contribution in [1.29, 1.82) is 0 Å². The van der Waals surface area contributed by atoms with Gasteiger partial charge >= 0.3 is 12.1 Å². The zero-order valence-corrected chi connectivity index (χ0v) is 8.84. The lowest BCUT2D eigenvalue weighted by atomic mass is 10.1. The van der Waals surface area contributed by atoms with Gasteiger partial charge in [0.2, 0.25) is 0 Å². The number of hydrogen-bond acceptors (Lipinski definition) is 3. The minimum Gasteiger partial charge on any atom is -0.466 e. The first-order valence-electron chi connectivity index (χ1n) is 4.71. The number of carbonyl (C=O) groups is 1. The number of halogens is 4. The number of hydrogen-bond donors (Lipinski definition) is 0. The van der Waals surface area contributed by atoms with E-state index in [9.17, 15) is 22.4 Å². The second-order valence-corrected chi connectivity index (χ2v) is 3.13. The lowest BCUT2D eigenvalue weighted by Crippen LogP contribution is -2.16. The van der Waals surface area contributed by atoms with Gasteiger partial charge in [-0.25, -0.2) is 4.39 Å². The Morgan fingerprint density at radius 3 is 2.65 bits per heavy atom. The maximum Gasteiger partial charge on any atom is 0.418 e. The fourth-order valence-corrected chi connectivity index (χ4v) is 1.20. The maximum atomic E-state index is 12.7. The molecule has 1 heterocycles. The molecule has 0 saturated carbocycles. The molecule has 0 fully saturated rings. The molecule has 0 atom stereocenters. The summed E-state index contributed by atoms with van der Waals surface area (Å²) in [5.41, 5.74) is -1.80. The molecule has 0 aliphatic rings. The van der Waals surface area contributed by atoms with Crippen molar-refractivity contribution in [3.05, 3.63) is 29.3 Å². The fourth-order valence-electron chi connectivity index (χ4n) is 1.20. The molecule has 0 radical (unpaired) electrons. The van der Waals surface area contributed by atoms with E-state index in [1.807, 2.05) is 0 Å². The highest BCUT2D eigenvalue weighted by Crippen LogP contribution is 2.31. The van der Waals surface area contributed by atoms with Crippen LogP contribution >= 0.6 is 0 Å². The predicted molar refractivity (Wildman–Crippen MR) is 49.5 cm³/mol. The van der Waals surface area contributed by atoms with E-state index in [4.69, 9.17) is 0 Å². The summed E-state index contributed by atoms with van der Waals surface area (Å²) >= 11 is 0. The van der Waals surface area contributed by atoms with Crippen molar-refractivity contribution < 1.29 is 27.1 Å². The molecule has 94 valence electrons. The van der Waals surface area contributed by atoms with Crippen molar-refractivity contribution in [2.75, 3.05) is 6.61 Å². The molecule has 1 rings (SSSR count). The normalized spacial score (nSPS) is 11.4. The van der Waals surface area contributed by atoms with Gasteiger partial charge in [0, 0.05) is 0 Å². The standard InChI is InChI=1S/C10H9F4NO2/c1-2-17-9(16)4-8-7(10(12,13)14)3-6(11)5-15-8/h3,5H,2,4H2,1H3. The zero-order chi connectivity index (χ0) is 13.1. The van der Waals surface area contributed by atoms with Crippen molar-refractivity contribution in [2.45, 2.75) is 19.5 Å². The number of rotatable bonds is 3. The van der Waals surface area contributed by atoms with Gasteiger partial charge in [-0.15, -0.1) is 0 Å². The summed E-state index contributed by atoms with van der Waals surface area (Å²) < 4.78 is 54.7. The van der Waals surface area contributed by atoms with Gasteiger partial charge < -0.3 is 4.74 Å². The first-order valence-corrected chi connectivity index (χ1v) is 4.71. The van der Waals surface area contributed by atoms with E-state index in [2.05, 4.69) is 9.72 Å². The van der Waals surface area contributed by atoms with E-state index >= 15 is 0 Å². The number of nitrogens with zero attached hydrogens (tertiary/aromatic N) is 1. The van der Waals surface area contributed by atoms with Gasteiger partial charge in [0.15, 0.2) is 0 Å². The third-order valence-electron chi connectivity index (χ3n) is 1.86. The third kappa shape index (κ3) is 3.69. The molecule has 0 saturated heterocycles. The summed E-state index contributed by atoms with van der Waals surface area (Å²) in [6.07, 6.45) is -4.76. The first kappa shape index (κ1) is 13.4. The van der Waals surface area contributed by atoms with Crippen LogP contribution in [0.3, 0.4) is 0 Å². The van der Waals surface area contributed by atoms with Gasteiger partial charge in [-0.1, -0.05) is 0 Å². The molecular formula is C10H9F4NO2. The van der Waals surface area contributed by atoms with Crippen molar-refractivity contribution in [3.63, 3.8) is 0 Å². The monoisotopic (exact) mass is 251 g/mol. The summed E-state index contributed by atoms with van der Waals surface area (Å²) in [5.74, 6) is -1.94. The first-order chi connectivity index (χ1) is 7.84. The Kier molecular flexibility index (Phi) is 4.03. The highest BCUT2D eigenvalue weighted by Gasteiger charge is 2.35. The molecule has 0 aromatic carbocycles. The van der Waals surface area contributed by atoms with Crippen LogP contribution in [-0.4, -0.2) is 17.6 Å². The van der Waals surface area contributed by atoms with Crippen LogP contribution in [0.25, 0.3) is 0 Å². The summed E-state index contributed by atoms with van der Waals surface area (Å²) in [7, 11) is 0. The van der Waals surface area contributed by atoms with Crippen LogP contribution in [0.4, 0.5) is 17.6 Å². The van der Waals surface area contributed by atoms with Crippen LogP contribution in [-0.2, 0) is 22.1 Å². The highest BCUT2D eigenvalue weighted by molar-refractivity contribution is 5.72. The minimum absolute atomic E-state index is 0.0569. The van der Waals surface area contributed by atoms with Crippen molar-refractivity contribution >= 4 is 5.97 Å². The Labute approximate surface area is 94.4 Å².